The molecule has 0 aliphatic heterocycles. The second kappa shape index (κ2) is 8.05. The number of Topliss-reactive ketones (excluding diaryl/α,β-unsaturated/α-hetero) is 2. The molecule has 1 unspecified atom stereocenters. The lowest BCUT2D eigenvalue weighted by Crippen LogP contribution is -2.26. The third-order valence-corrected chi connectivity index (χ3v) is 5.04. The van der Waals surface area contributed by atoms with Crippen molar-refractivity contribution in [1.29, 1.82) is 0 Å². The first-order valence-electron chi connectivity index (χ1n) is 8.92. The summed E-state index contributed by atoms with van der Waals surface area (Å²) < 4.78 is 0. The van der Waals surface area contributed by atoms with Gasteiger partial charge in [-0.1, -0.05) is 79.9 Å². The molecule has 0 bridgehead atoms. The van der Waals surface area contributed by atoms with E-state index < -0.39 is 0 Å². The van der Waals surface area contributed by atoms with E-state index in [4.69, 9.17) is 0 Å². The van der Waals surface area contributed by atoms with Crippen molar-refractivity contribution in [1.82, 2.24) is 0 Å². The number of carbonyl (C=O) groups excluding carboxylic acids is 2. The second-order valence-corrected chi connectivity index (χ2v) is 6.69. The van der Waals surface area contributed by atoms with Crippen LogP contribution in [0.15, 0.2) is 60.7 Å². The maximum atomic E-state index is 13.1. The molecule has 124 valence electrons. The highest BCUT2D eigenvalue weighted by Gasteiger charge is 2.30. The van der Waals surface area contributed by atoms with E-state index in [1.165, 1.54) is 6.42 Å². The van der Waals surface area contributed by atoms with Gasteiger partial charge in [0.2, 0.25) is 0 Å². The summed E-state index contributed by atoms with van der Waals surface area (Å²) in [6.45, 7) is 0. The van der Waals surface area contributed by atoms with Crippen LogP contribution in [-0.4, -0.2) is 11.6 Å². The second-order valence-electron chi connectivity index (χ2n) is 6.69. The highest BCUT2D eigenvalue weighted by Crippen LogP contribution is 2.32. The molecule has 1 aliphatic rings. The van der Waals surface area contributed by atoms with Crippen LogP contribution >= 0.6 is 0 Å². The topological polar surface area (TPSA) is 34.1 Å². The van der Waals surface area contributed by atoms with Gasteiger partial charge in [-0.2, -0.15) is 0 Å². The molecule has 1 saturated carbocycles. The van der Waals surface area contributed by atoms with Crippen LogP contribution in [0.4, 0.5) is 0 Å². The Morgan fingerprint density at radius 2 is 1.42 bits per heavy atom. The van der Waals surface area contributed by atoms with E-state index in [0.717, 1.165) is 31.2 Å². The first-order chi connectivity index (χ1) is 11.8. The fourth-order valence-corrected chi connectivity index (χ4v) is 3.67. The van der Waals surface area contributed by atoms with Crippen LogP contribution < -0.4 is 0 Å². The standard InChI is InChI=1S/C22H24O2/c23-21(18-12-6-2-7-13-18)16-20(17-10-4-1-5-11-17)22(24)19-14-8-3-9-15-19/h1-2,4-7,10-13,19-20H,3,8-9,14-16H2. The molecule has 0 spiro atoms. The summed E-state index contributed by atoms with van der Waals surface area (Å²) in [5.74, 6) is 0.105. The van der Waals surface area contributed by atoms with Gasteiger partial charge in [-0.25, -0.2) is 0 Å². The van der Waals surface area contributed by atoms with Gasteiger partial charge in [0, 0.05) is 17.9 Å². The van der Waals surface area contributed by atoms with Crippen molar-refractivity contribution >= 4 is 11.6 Å². The predicted molar refractivity (Wildman–Crippen MR) is 96.2 cm³/mol. The molecule has 1 fully saturated rings. The molecule has 0 aromatic heterocycles. The van der Waals surface area contributed by atoms with Gasteiger partial charge in [-0.05, 0) is 18.4 Å². The molecule has 2 aromatic carbocycles. The van der Waals surface area contributed by atoms with E-state index in [9.17, 15) is 9.59 Å². The highest BCUT2D eigenvalue weighted by atomic mass is 16.1. The largest absolute Gasteiger partial charge is 0.299 e. The molecule has 3 rings (SSSR count). The van der Waals surface area contributed by atoms with Gasteiger partial charge in [0.25, 0.3) is 0 Å². The normalized spacial score (nSPS) is 16.5. The van der Waals surface area contributed by atoms with E-state index in [1.54, 1.807) is 0 Å². The first kappa shape index (κ1) is 16.6. The number of benzene rings is 2. The molecule has 0 radical (unpaired) electrons. The quantitative estimate of drug-likeness (QED) is 0.686. The van der Waals surface area contributed by atoms with Gasteiger partial charge in [-0.15, -0.1) is 0 Å². The molecule has 2 aromatic rings. The average Bonchev–Trinajstić information content (AvgIpc) is 2.67. The number of carbonyl (C=O) groups is 2. The van der Waals surface area contributed by atoms with E-state index in [0.29, 0.717) is 5.56 Å². The summed E-state index contributed by atoms with van der Waals surface area (Å²) in [5.41, 5.74) is 1.66. The van der Waals surface area contributed by atoms with Crippen LogP contribution in [0.3, 0.4) is 0 Å². The van der Waals surface area contributed by atoms with E-state index >= 15 is 0 Å². The summed E-state index contributed by atoms with van der Waals surface area (Å²) in [6, 6.07) is 19.1. The van der Waals surface area contributed by atoms with Gasteiger partial charge in [0.05, 0.1) is 5.92 Å². The minimum atomic E-state index is -0.318. The van der Waals surface area contributed by atoms with Gasteiger partial charge >= 0.3 is 0 Å². The molecule has 0 N–H and O–H groups in total. The van der Waals surface area contributed by atoms with Crippen molar-refractivity contribution < 1.29 is 9.59 Å². The van der Waals surface area contributed by atoms with Gasteiger partial charge in [0.15, 0.2) is 5.78 Å². The summed E-state index contributed by atoms with van der Waals surface area (Å²) in [5, 5.41) is 0. The number of hydrogen-bond acceptors (Lipinski definition) is 2. The third-order valence-electron chi connectivity index (χ3n) is 5.04. The minimum absolute atomic E-state index is 0.0496. The molecule has 24 heavy (non-hydrogen) atoms. The lowest BCUT2D eigenvalue weighted by Gasteiger charge is -2.25. The zero-order chi connectivity index (χ0) is 16.8. The maximum absolute atomic E-state index is 13.1. The Kier molecular flexibility index (Phi) is 5.58. The van der Waals surface area contributed by atoms with Gasteiger partial charge in [-0.3, -0.25) is 9.59 Å². The van der Waals surface area contributed by atoms with Crippen LogP contribution in [0.2, 0.25) is 0 Å². The van der Waals surface area contributed by atoms with Gasteiger partial charge < -0.3 is 0 Å². The summed E-state index contributed by atoms with van der Waals surface area (Å²) >= 11 is 0. The number of rotatable bonds is 6. The smallest absolute Gasteiger partial charge is 0.163 e. The molecule has 1 atom stereocenters. The number of ketones is 2. The van der Waals surface area contributed by atoms with Crippen LogP contribution in [-0.2, 0) is 4.79 Å². The van der Waals surface area contributed by atoms with E-state index in [1.807, 2.05) is 60.7 Å². The monoisotopic (exact) mass is 320 g/mol. The fourth-order valence-electron chi connectivity index (χ4n) is 3.67. The zero-order valence-corrected chi connectivity index (χ0v) is 14.0. The van der Waals surface area contributed by atoms with E-state index in [2.05, 4.69) is 0 Å². The minimum Gasteiger partial charge on any atom is -0.299 e. The lowest BCUT2D eigenvalue weighted by atomic mass is 9.77. The summed E-state index contributed by atoms with van der Waals surface area (Å²) in [4.78, 5) is 25.8. The SMILES string of the molecule is O=C(CC(C(=O)C1CCCCC1)c1ccccc1)c1ccccc1. The molecule has 0 amide bonds. The van der Waals surface area contributed by atoms with Crippen molar-refractivity contribution in [3.8, 4) is 0 Å². The Balaban J connectivity index is 1.82. The van der Waals surface area contributed by atoms with Crippen molar-refractivity contribution in [3.05, 3.63) is 71.8 Å². The van der Waals surface area contributed by atoms with Crippen molar-refractivity contribution in [2.24, 2.45) is 5.92 Å². The molecule has 1 aliphatic carbocycles. The van der Waals surface area contributed by atoms with Crippen LogP contribution in [0.1, 0.15) is 60.4 Å². The Morgan fingerprint density at radius 1 is 0.833 bits per heavy atom. The van der Waals surface area contributed by atoms with Crippen molar-refractivity contribution in [2.75, 3.05) is 0 Å². The molecule has 0 heterocycles. The predicted octanol–water partition coefficient (Wildman–Crippen LogP) is 5.19. The number of hydrogen-bond donors (Lipinski definition) is 0. The Labute approximate surface area is 143 Å². The van der Waals surface area contributed by atoms with Crippen molar-refractivity contribution in [2.45, 2.75) is 44.4 Å². The average molecular weight is 320 g/mol. The Morgan fingerprint density at radius 3 is 2.04 bits per heavy atom. The maximum Gasteiger partial charge on any atom is 0.163 e. The molecule has 2 heteroatoms. The summed E-state index contributed by atoms with van der Waals surface area (Å²) in [6.07, 6.45) is 5.70. The fraction of sp³-hybridized carbons (Fsp3) is 0.364. The first-order valence-corrected chi connectivity index (χ1v) is 8.92. The van der Waals surface area contributed by atoms with Crippen LogP contribution in [0, 0.1) is 5.92 Å². The zero-order valence-electron chi connectivity index (χ0n) is 14.0. The lowest BCUT2D eigenvalue weighted by molar-refractivity contribution is -0.125. The third kappa shape index (κ3) is 4.00. The Hall–Kier alpha value is -2.22. The van der Waals surface area contributed by atoms with E-state index in [-0.39, 0.29) is 29.8 Å². The molecular formula is C22H24O2. The molecule has 0 saturated heterocycles. The molecule has 2 nitrogen and oxygen atoms in total. The van der Waals surface area contributed by atoms with Crippen molar-refractivity contribution in [3.63, 3.8) is 0 Å². The van der Waals surface area contributed by atoms with Crippen LogP contribution in [0.25, 0.3) is 0 Å². The Bertz CT molecular complexity index is 670. The summed E-state index contributed by atoms with van der Waals surface area (Å²) in [7, 11) is 0. The van der Waals surface area contributed by atoms with Gasteiger partial charge in [0.1, 0.15) is 5.78 Å². The molecular weight excluding hydrogens is 296 g/mol. The van der Waals surface area contributed by atoms with Crippen LogP contribution in [0.5, 0.6) is 0 Å². The highest BCUT2D eigenvalue weighted by molar-refractivity contribution is 6.00.